The zero-order valence-electron chi connectivity index (χ0n) is 9.21. The van der Waals surface area contributed by atoms with Crippen LogP contribution in [0.2, 0.25) is 0 Å². The van der Waals surface area contributed by atoms with E-state index in [1.807, 2.05) is 0 Å². The van der Waals surface area contributed by atoms with Crippen molar-refractivity contribution in [1.82, 2.24) is 5.32 Å². The minimum absolute atomic E-state index is 0.0991. The molecule has 1 aromatic carbocycles. The maximum Gasteiger partial charge on any atom is 0.290 e. The van der Waals surface area contributed by atoms with E-state index in [2.05, 4.69) is 15.6 Å². The zero-order valence-corrected chi connectivity index (χ0v) is 9.21. The maximum absolute atomic E-state index is 11.6. The van der Waals surface area contributed by atoms with Crippen molar-refractivity contribution in [2.45, 2.75) is 0 Å². The SMILES string of the molecule is O=C(Nc1ccc([N+](=O)[O-])cc1O)C1=NCCN1. The Morgan fingerprint density at radius 2 is 2.33 bits per heavy atom. The molecule has 3 N–H and O–H groups in total. The second kappa shape index (κ2) is 4.70. The van der Waals surface area contributed by atoms with Crippen LogP contribution in [0.25, 0.3) is 0 Å². The Balaban J connectivity index is 2.14. The number of anilines is 1. The van der Waals surface area contributed by atoms with Crippen molar-refractivity contribution >= 4 is 23.1 Å². The van der Waals surface area contributed by atoms with Gasteiger partial charge in [0.05, 0.1) is 23.2 Å². The average molecular weight is 250 g/mol. The molecule has 0 radical (unpaired) electrons. The first-order valence-corrected chi connectivity index (χ1v) is 5.15. The van der Waals surface area contributed by atoms with Crippen LogP contribution in [0.3, 0.4) is 0 Å². The van der Waals surface area contributed by atoms with E-state index in [0.29, 0.717) is 13.1 Å². The van der Waals surface area contributed by atoms with E-state index in [9.17, 15) is 20.0 Å². The van der Waals surface area contributed by atoms with Gasteiger partial charge in [-0.3, -0.25) is 19.9 Å². The van der Waals surface area contributed by atoms with Gasteiger partial charge in [0.1, 0.15) is 5.75 Å². The van der Waals surface area contributed by atoms with Gasteiger partial charge in [-0.1, -0.05) is 0 Å². The number of phenols is 1. The fraction of sp³-hybridized carbons (Fsp3) is 0.200. The Morgan fingerprint density at radius 1 is 1.56 bits per heavy atom. The molecule has 0 bridgehead atoms. The molecule has 0 aromatic heterocycles. The molecule has 0 saturated heterocycles. The molecule has 1 aliphatic rings. The van der Waals surface area contributed by atoms with E-state index in [1.165, 1.54) is 12.1 Å². The third-order valence-corrected chi connectivity index (χ3v) is 2.33. The first-order chi connectivity index (χ1) is 8.58. The van der Waals surface area contributed by atoms with Crippen molar-refractivity contribution in [2.24, 2.45) is 4.99 Å². The minimum Gasteiger partial charge on any atom is -0.506 e. The monoisotopic (exact) mass is 250 g/mol. The topological polar surface area (TPSA) is 117 Å². The highest BCUT2D eigenvalue weighted by Gasteiger charge is 2.17. The highest BCUT2D eigenvalue weighted by molar-refractivity contribution is 6.42. The molecular formula is C10H10N4O4. The Labute approximate surface area is 101 Å². The number of benzene rings is 1. The average Bonchev–Trinajstić information content (AvgIpc) is 2.85. The molecule has 0 atom stereocenters. The number of carbonyl (C=O) groups is 1. The highest BCUT2D eigenvalue weighted by Crippen LogP contribution is 2.27. The Bertz CT molecular complexity index is 541. The molecule has 18 heavy (non-hydrogen) atoms. The quantitative estimate of drug-likeness (QED) is 0.403. The van der Waals surface area contributed by atoms with Crippen LogP contribution in [0.1, 0.15) is 0 Å². The lowest BCUT2D eigenvalue weighted by molar-refractivity contribution is -0.384. The summed E-state index contributed by atoms with van der Waals surface area (Å²) in [6.45, 7) is 1.12. The highest BCUT2D eigenvalue weighted by atomic mass is 16.6. The van der Waals surface area contributed by atoms with Crippen LogP contribution in [-0.4, -0.2) is 34.9 Å². The van der Waals surface area contributed by atoms with Crippen LogP contribution >= 0.6 is 0 Å². The number of hydrogen-bond donors (Lipinski definition) is 3. The standard InChI is InChI=1S/C10H10N4O4/c15-8-5-6(14(17)18)1-2-7(8)13-10(16)9-11-3-4-12-9/h1-2,5,15H,3-4H2,(H,11,12)(H,13,16). The molecule has 94 valence electrons. The molecule has 1 amide bonds. The summed E-state index contributed by atoms with van der Waals surface area (Å²) < 4.78 is 0. The second-order valence-electron chi connectivity index (χ2n) is 3.57. The number of amidine groups is 1. The van der Waals surface area contributed by atoms with E-state index in [1.54, 1.807) is 0 Å². The van der Waals surface area contributed by atoms with E-state index in [-0.39, 0.29) is 23.0 Å². The summed E-state index contributed by atoms with van der Waals surface area (Å²) in [5, 5.41) is 25.2. The van der Waals surface area contributed by atoms with Gasteiger partial charge in [0.25, 0.3) is 11.6 Å². The number of phenolic OH excluding ortho intramolecular Hbond substituents is 1. The van der Waals surface area contributed by atoms with Crippen LogP contribution in [-0.2, 0) is 4.79 Å². The first-order valence-electron chi connectivity index (χ1n) is 5.15. The molecule has 8 nitrogen and oxygen atoms in total. The number of nitrogens with one attached hydrogen (secondary N) is 2. The van der Waals surface area contributed by atoms with Crippen LogP contribution in [0.15, 0.2) is 23.2 Å². The van der Waals surface area contributed by atoms with Crippen molar-refractivity contribution in [3.8, 4) is 5.75 Å². The Morgan fingerprint density at radius 3 is 2.89 bits per heavy atom. The fourth-order valence-electron chi connectivity index (χ4n) is 1.47. The van der Waals surface area contributed by atoms with Crippen molar-refractivity contribution in [3.05, 3.63) is 28.3 Å². The molecule has 8 heteroatoms. The number of nitro benzene ring substituents is 1. The summed E-state index contributed by atoms with van der Waals surface area (Å²) in [4.78, 5) is 25.4. The summed E-state index contributed by atoms with van der Waals surface area (Å²) in [6.07, 6.45) is 0. The molecule has 0 spiro atoms. The van der Waals surface area contributed by atoms with Crippen molar-refractivity contribution in [2.75, 3.05) is 18.4 Å². The van der Waals surface area contributed by atoms with E-state index >= 15 is 0 Å². The van der Waals surface area contributed by atoms with Gasteiger partial charge in [-0.2, -0.15) is 0 Å². The molecule has 1 aliphatic heterocycles. The van der Waals surface area contributed by atoms with E-state index < -0.39 is 10.8 Å². The summed E-state index contributed by atoms with van der Waals surface area (Å²) in [5.74, 6) is -0.666. The van der Waals surface area contributed by atoms with Gasteiger partial charge >= 0.3 is 0 Å². The van der Waals surface area contributed by atoms with Gasteiger partial charge in [-0.05, 0) is 6.07 Å². The Kier molecular flexibility index (Phi) is 3.09. The molecule has 0 fully saturated rings. The zero-order chi connectivity index (χ0) is 13.1. The number of aromatic hydroxyl groups is 1. The Hall–Kier alpha value is -2.64. The molecule has 1 heterocycles. The lowest BCUT2D eigenvalue weighted by atomic mass is 10.2. The lowest BCUT2D eigenvalue weighted by Gasteiger charge is -2.07. The number of carbonyl (C=O) groups excluding carboxylic acids is 1. The number of aliphatic imine (C=N–C) groups is 1. The summed E-state index contributed by atoms with van der Waals surface area (Å²) in [7, 11) is 0. The molecular weight excluding hydrogens is 240 g/mol. The molecule has 2 rings (SSSR count). The summed E-state index contributed by atoms with van der Waals surface area (Å²) >= 11 is 0. The fourth-order valence-corrected chi connectivity index (χ4v) is 1.47. The van der Waals surface area contributed by atoms with E-state index in [0.717, 1.165) is 6.07 Å². The van der Waals surface area contributed by atoms with Crippen LogP contribution in [0.5, 0.6) is 5.75 Å². The lowest BCUT2D eigenvalue weighted by Crippen LogP contribution is -2.32. The van der Waals surface area contributed by atoms with Gasteiger partial charge in [-0.25, -0.2) is 0 Å². The molecule has 0 unspecified atom stereocenters. The molecule has 1 aromatic rings. The van der Waals surface area contributed by atoms with Gasteiger partial charge < -0.3 is 15.7 Å². The van der Waals surface area contributed by atoms with Gasteiger partial charge in [0, 0.05) is 12.6 Å². The van der Waals surface area contributed by atoms with Crippen molar-refractivity contribution in [1.29, 1.82) is 0 Å². The van der Waals surface area contributed by atoms with Gasteiger partial charge in [0.15, 0.2) is 5.84 Å². The number of non-ortho nitro benzene ring substituents is 1. The van der Waals surface area contributed by atoms with Crippen molar-refractivity contribution < 1.29 is 14.8 Å². The van der Waals surface area contributed by atoms with E-state index in [4.69, 9.17) is 0 Å². The molecule has 0 aliphatic carbocycles. The smallest absolute Gasteiger partial charge is 0.290 e. The summed E-state index contributed by atoms with van der Waals surface area (Å²) in [5.41, 5.74) is -0.149. The first kappa shape index (κ1) is 11.8. The van der Waals surface area contributed by atoms with Gasteiger partial charge in [-0.15, -0.1) is 0 Å². The molecule has 0 saturated carbocycles. The van der Waals surface area contributed by atoms with Crippen LogP contribution in [0.4, 0.5) is 11.4 Å². The van der Waals surface area contributed by atoms with Crippen molar-refractivity contribution in [3.63, 3.8) is 0 Å². The number of nitrogens with zero attached hydrogens (tertiary/aromatic N) is 2. The van der Waals surface area contributed by atoms with Crippen LogP contribution in [0, 0.1) is 10.1 Å². The minimum atomic E-state index is -0.631. The number of amides is 1. The number of nitro groups is 1. The maximum atomic E-state index is 11.6. The normalized spacial score (nSPS) is 13.7. The third-order valence-electron chi connectivity index (χ3n) is 2.33. The largest absolute Gasteiger partial charge is 0.506 e. The second-order valence-corrected chi connectivity index (χ2v) is 3.57. The number of rotatable bonds is 3. The summed E-state index contributed by atoms with van der Waals surface area (Å²) in [6, 6.07) is 3.43. The third kappa shape index (κ3) is 2.37. The number of hydrogen-bond acceptors (Lipinski definition) is 6. The predicted molar refractivity (Wildman–Crippen MR) is 63.7 cm³/mol. The van der Waals surface area contributed by atoms with Crippen LogP contribution < -0.4 is 10.6 Å². The predicted octanol–water partition coefficient (Wildman–Crippen LogP) is 0.241. The van der Waals surface area contributed by atoms with Gasteiger partial charge in [0.2, 0.25) is 0 Å².